The Hall–Kier alpha value is -1.01. The van der Waals surface area contributed by atoms with Crippen LogP contribution in [-0.2, 0) is 20.2 Å². The number of hydrogen-bond acceptors (Lipinski definition) is 5. The molecule has 2 heterocycles. The standard InChI is InChI=1S/C9H17N5O4S2/c1-12(2)20(17,18)14-5-3-13(4-6-14)19(15,16)9-7-10-8-11-9/h7-8H,3-6H2,1-2H3,(H,10,11). The summed E-state index contributed by atoms with van der Waals surface area (Å²) in [6.07, 6.45) is 2.53. The summed E-state index contributed by atoms with van der Waals surface area (Å²) in [6.45, 7) is 0.505. The molecule has 1 saturated heterocycles. The number of imidazole rings is 1. The molecule has 0 radical (unpaired) electrons. The number of nitrogens with zero attached hydrogens (tertiary/aromatic N) is 4. The number of sulfonamides is 1. The normalized spacial score (nSPS) is 19.6. The summed E-state index contributed by atoms with van der Waals surface area (Å²) >= 11 is 0. The van der Waals surface area contributed by atoms with Crippen LogP contribution in [0.3, 0.4) is 0 Å². The Morgan fingerprint density at radius 3 is 2.10 bits per heavy atom. The molecule has 1 aliphatic heterocycles. The van der Waals surface area contributed by atoms with Crippen LogP contribution < -0.4 is 0 Å². The molecule has 9 nitrogen and oxygen atoms in total. The van der Waals surface area contributed by atoms with E-state index in [4.69, 9.17) is 0 Å². The predicted octanol–water partition coefficient (Wildman–Crippen LogP) is -1.48. The van der Waals surface area contributed by atoms with Gasteiger partial charge >= 0.3 is 0 Å². The van der Waals surface area contributed by atoms with Crippen LogP contribution in [0.15, 0.2) is 17.6 Å². The van der Waals surface area contributed by atoms with E-state index in [1.165, 1.54) is 35.2 Å². The lowest BCUT2D eigenvalue weighted by molar-refractivity contribution is 0.262. The van der Waals surface area contributed by atoms with Gasteiger partial charge in [-0.1, -0.05) is 0 Å². The summed E-state index contributed by atoms with van der Waals surface area (Å²) in [5.41, 5.74) is 0. The summed E-state index contributed by atoms with van der Waals surface area (Å²) in [5, 5.41) is 0.0152. The molecule has 0 bridgehead atoms. The molecule has 1 fully saturated rings. The molecular weight excluding hydrogens is 306 g/mol. The van der Waals surface area contributed by atoms with Crippen LogP contribution in [-0.4, -0.2) is 80.0 Å². The Balaban J connectivity index is 2.09. The Labute approximate surface area is 118 Å². The summed E-state index contributed by atoms with van der Waals surface area (Å²) in [6, 6.07) is 0. The smallest absolute Gasteiger partial charge is 0.281 e. The first-order chi connectivity index (χ1) is 9.26. The molecule has 2 rings (SSSR count). The summed E-state index contributed by atoms with van der Waals surface area (Å²) < 4.78 is 51.9. The van der Waals surface area contributed by atoms with Gasteiger partial charge in [-0.2, -0.15) is 21.3 Å². The summed E-state index contributed by atoms with van der Waals surface area (Å²) in [7, 11) is -4.23. The molecule has 20 heavy (non-hydrogen) atoms. The van der Waals surface area contributed by atoms with Crippen molar-refractivity contribution in [2.24, 2.45) is 0 Å². The number of hydrogen-bond donors (Lipinski definition) is 1. The molecule has 1 aromatic heterocycles. The van der Waals surface area contributed by atoms with E-state index < -0.39 is 20.2 Å². The number of H-pyrrole nitrogens is 1. The Kier molecular flexibility index (Phi) is 4.16. The SMILES string of the molecule is CN(C)S(=O)(=O)N1CCN(S(=O)(=O)c2cnc[nH]2)CC1. The number of nitrogens with one attached hydrogen (secondary N) is 1. The van der Waals surface area contributed by atoms with E-state index in [1.807, 2.05) is 0 Å². The van der Waals surface area contributed by atoms with Crippen molar-refractivity contribution in [2.45, 2.75) is 5.03 Å². The van der Waals surface area contributed by atoms with Crippen molar-refractivity contribution in [1.82, 2.24) is 22.9 Å². The first-order valence-electron chi connectivity index (χ1n) is 5.92. The second-order valence-electron chi connectivity index (χ2n) is 4.51. The molecular formula is C9H17N5O4S2. The number of aromatic amines is 1. The van der Waals surface area contributed by atoms with Crippen molar-refractivity contribution in [2.75, 3.05) is 40.3 Å². The molecule has 11 heteroatoms. The fourth-order valence-corrected chi connectivity index (χ4v) is 4.30. The van der Waals surface area contributed by atoms with E-state index in [2.05, 4.69) is 9.97 Å². The third-order valence-electron chi connectivity index (χ3n) is 3.08. The minimum Gasteiger partial charge on any atom is -0.335 e. The molecule has 0 atom stereocenters. The average molecular weight is 323 g/mol. The quantitative estimate of drug-likeness (QED) is 0.727. The summed E-state index contributed by atoms with van der Waals surface area (Å²) in [5.74, 6) is 0. The van der Waals surface area contributed by atoms with Crippen LogP contribution in [0.5, 0.6) is 0 Å². The topological polar surface area (TPSA) is 107 Å². The Morgan fingerprint density at radius 2 is 1.65 bits per heavy atom. The van der Waals surface area contributed by atoms with E-state index in [0.29, 0.717) is 0 Å². The van der Waals surface area contributed by atoms with Gasteiger partial charge in [-0.15, -0.1) is 0 Å². The van der Waals surface area contributed by atoms with Crippen LogP contribution in [0.2, 0.25) is 0 Å². The van der Waals surface area contributed by atoms with Gasteiger partial charge in [-0.05, 0) is 0 Å². The number of rotatable bonds is 4. The lowest BCUT2D eigenvalue weighted by Crippen LogP contribution is -2.52. The number of aromatic nitrogens is 2. The zero-order chi connectivity index (χ0) is 15.0. The third-order valence-corrected chi connectivity index (χ3v) is 6.84. The van der Waals surface area contributed by atoms with Crippen LogP contribution in [0, 0.1) is 0 Å². The van der Waals surface area contributed by atoms with E-state index in [-0.39, 0.29) is 31.2 Å². The van der Waals surface area contributed by atoms with Gasteiger partial charge in [0.15, 0.2) is 5.03 Å². The molecule has 0 amide bonds. The van der Waals surface area contributed by atoms with Gasteiger partial charge in [0.25, 0.3) is 20.2 Å². The first kappa shape index (κ1) is 15.4. The van der Waals surface area contributed by atoms with E-state index in [0.717, 1.165) is 4.31 Å². The highest BCUT2D eigenvalue weighted by Gasteiger charge is 2.34. The first-order valence-corrected chi connectivity index (χ1v) is 8.76. The van der Waals surface area contributed by atoms with Crippen molar-refractivity contribution in [3.05, 3.63) is 12.5 Å². The average Bonchev–Trinajstić information content (AvgIpc) is 2.93. The molecule has 114 valence electrons. The van der Waals surface area contributed by atoms with Crippen molar-refractivity contribution in [3.8, 4) is 0 Å². The summed E-state index contributed by atoms with van der Waals surface area (Å²) in [4.78, 5) is 6.24. The van der Waals surface area contributed by atoms with E-state index in [1.54, 1.807) is 0 Å². The fraction of sp³-hybridized carbons (Fsp3) is 0.667. The van der Waals surface area contributed by atoms with Crippen molar-refractivity contribution >= 4 is 20.2 Å². The molecule has 0 unspecified atom stereocenters. The second-order valence-corrected chi connectivity index (χ2v) is 8.56. The molecule has 0 spiro atoms. The van der Waals surface area contributed by atoms with Crippen molar-refractivity contribution in [3.63, 3.8) is 0 Å². The lowest BCUT2D eigenvalue weighted by atomic mass is 10.4. The van der Waals surface area contributed by atoms with Crippen molar-refractivity contribution < 1.29 is 16.8 Å². The maximum atomic E-state index is 12.2. The predicted molar refractivity (Wildman–Crippen MR) is 71.5 cm³/mol. The maximum absolute atomic E-state index is 12.2. The molecule has 1 N–H and O–H groups in total. The lowest BCUT2D eigenvalue weighted by Gasteiger charge is -2.34. The molecule has 1 aliphatic rings. The monoisotopic (exact) mass is 323 g/mol. The fourth-order valence-electron chi connectivity index (χ4n) is 1.90. The van der Waals surface area contributed by atoms with Gasteiger partial charge in [0.1, 0.15) is 0 Å². The highest BCUT2D eigenvalue weighted by molar-refractivity contribution is 7.89. The number of piperazine rings is 1. The highest BCUT2D eigenvalue weighted by Crippen LogP contribution is 2.16. The molecule has 1 aromatic rings. The molecule has 0 saturated carbocycles. The highest BCUT2D eigenvalue weighted by atomic mass is 32.2. The zero-order valence-electron chi connectivity index (χ0n) is 11.2. The van der Waals surface area contributed by atoms with Crippen LogP contribution in [0.4, 0.5) is 0 Å². The van der Waals surface area contributed by atoms with Gasteiger partial charge in [-0.3, -0.25) is 0 Å². The second kappa shape index (κ2) is 5.41. The maximum Gasteiger partial charge on any atom is 0.281 e. The van der Waals surface area contributed by atoms with E-state index >= 15 is 0 Å². The third kappa shape index (κ3) is 2.72. The minimum atomic E-state index is -3.63. The van der Waals surface area contributed by atoms with Gasteiger partial charge in [-0.25, -0.2) is 13.4 Å². The van der Waals surface area contributed by atoms with Gasteiger partial charge in [0, 0.05) is 40.3 Å². The largest absolute Gasteiger partial charge is 0.335 e. The Morgan fingerprint density at radius 1 is 1.10 bits per heavy atom. The van der Waals surface area contributed by atoms with Gasteiger partial charge in [0.2, 0.25) is 0 Å². The minimum absolute atomic E-state index is 0.0152. The van der Waals surface area contributed by atoms with Gasteiger partial charge < -0.3 is 4.98 Å². The van der Waals surface area contributed by atoms with Crippen molar-refractivity contribution in [1.29, 1.82) is 0 Å². The zero-order valence-corrected chi connectivity index (χ0v) is 12.9. The Bertz CT molecular complexity index is 645. The van der Waals surface area contributed by atoms with E-state index in [9.17, 15) is 16.8 Å². The van der Waals surface area contributed by atoms with Crippen LogP contribution in [0.1, 0.15) is 0 Å². The van der Waals surface area contributed by atoms with Gasteiger partial charge in [0.05, 0.1) is 12.5 Å². The van der Waals surface area contributed by atoms with Crippen LogP contribution in [0.25, 0.3) is 0 Å². The molecule has 0 aromatic carbocycles. The van der Waals surface area contributed by atoms with Crippen LogP contribution >= 0.6 is 0 Å². The molecule has 0 aliphatic carbocycles.